The van der Waals surface area contributed by atoms with Crippen LogP contribution in [0.15, 0.2) is 18.3 Å². The molecule has 0 amide bonds. The zero-order valence-corrected chi connectivity index (χ0v) is 8.74. The van der Waals surface area contributed by atoms with E-state index >= 15 is 0 Å². The molecule has 0 atom stereocenters. The second-order valence-corrected chi connectivity index (χ2v) is 3.49. The van der Waals surface area contributed by atoms with Crippen molar-refractivity contribution in [2.24, 2.45) is 0 Å². The molecule has 0 saturated carbocycles. The van der Waals surface area contributed by atoms with Crippen molar-refractivity contribution in [3.63, 3.8) is 0 Å². The van der Waals surface area contributed by atoms with Crippen molar-refractivity contribution < 1.29 is 9.53 Å². The maximum atomic E-state index is 10.4. The van der Waals surface area contributed by atoms with E-state index in [1.165, 1.54) is 6.92 Å². The lowest BCUT2D eigenvalue weighted by Gasteiger charge is -2.00. The standard InChI is InChI=1S/C8H8INO2/c1-6(11)12-5-8-3-2-7(9)4-10-8/h2-4H,5H2,1H3. The van der Waals surface area contributed by atoms with Crippen LogP contribution in [0.5, 0.6) is 0 Å². The van der Waals surface area contributed by atoms with E-state index in [4.69, 9.17) is 4.74 Å². The Labute approximate surface area is 84.3 Å². The Balaban J connectivity index is 2.53. The number of rotatable bonds is 2. The van der Waals surface area contributed by atoms with Crippen molar-refractivity contribution in [3.05, 3.63) is 27.6 Å². The molecule has 0 unspecified atom stereocenters. The van der Waals surface area contributed by atoms with E-state index in [9.17, 15) is 4.79 Å². The van der Waals surface area contributed by atoms with Crippen LogP contribution < -0.4 is 0 Å². The minimum absolute atomic E-state index is 0.256. The number of ether oxygens (including phenoxy) is 1. The average molecular weight is 277 g/mol. The number of pyridine rings is 1. The van der Waals surface area contributed by atoms with Crippen molar-refractivity contribution >= 4 is 28.6 Å². The molecule has 1 heterocycles. The van der Waals surface area contributed by atoms with Crippen LogP contribution in [0.2, 0.25) is 0 Å². The van der Waals surface area contributed by atoms with Gasteiger partial charge in [0.15, 0.2) is 0 Å². The number of hydrogen-bond donors (Lipinski definition) is 0. The van der Waals surface area contributed by atoms with E-state index in [0.29, 0.717) is 0 Å². The molecule has 1 aromatic heterocycles. The number of esters is 1. The summed E-state index contributed by atoms with van der Waals surface area (Å²) in [5.41, 5.74) is 0.769. The molecule has 0 aromatic carbocycles. The Morgan fingerprint density at radius 1 is 1.67 bits per heavy atom. The van der Waals surface area contributed by atoms with Gasteiger partial charge in [-0.2, -0.15) is 0 Å². The third-order valence-corrected chi connectivity index (χ3v) is 1.85. The Kier molecular flexibility index (Phi) is 3.46. The fraction of sp³-hybridized carbons (Fsp3) is 0.250. The lowest BCUT2D eigenvalue weighted by molar-refractivity contribution is -0.142. The number of halogens is 1. The first-order chi connectivity index (χ1) is 5.68. The van der Waals surface area contributed by atoms with Gasteiger partial charge in [0.1, 0.15) is 6.61 Å². The zero-order valence-electron chi connectivity index (χ0n) is 6.58. The smallest absolute Gasteiger partial charge is 0.303 e. The molecule has 0 fully saturated rings. The molecule has 1 aromatic rings. The van der Waals surface area contributed by atoms with Crippen LogP contribution >= 0.6 is 22.6 Å². The van der Waals surface area contributed by atoms with Crippen LogP contribution in [0.3, 0.4) is 0 Å². The summed E-state index contributed by atoms with van der Waals surface area (Å²) >= 11 is 2.17. The van der Waals surface area contributed by atoms with E-state index in [1.54, 1.807) is 6.20 Å². The van der Waals surface area contributed by atoms with Gasteiger partial charge in [0.2, 0.25) is 0 Å². The highest BCUT2D eigenvalue weighted by Crippen LogP contribution is 2.03. The topological polar surface area (TPSA) is 39.2 Å². The quantitative estimate of drug-likeness (QED) is 0.610. The van der Waals surface area contributed by atoms with Crippen LogP contribution in [-0.2, 0) is 16.1 Å². The molecule has 64 valence electrons. The van der Waals surface area contributed by atoms with Crippen molar-refractivity contribution in [2.75, 3.05) is 0 Å². The summed E-state index contributed by atoms with van der Waals surface area (Å²) in [4.78, 5) is 14.5. The highest BCUT2D eigenvalue weighted by molar-refractivity contribution is 14.1. The molecular formula is C8H8INO2. The Morgan fingerprint density at radius 2 is 2.42 bits per heavy atom. The van der Waals surface area contributed by atoms with Gasteiger partial charge in [-0.3, -0.25) is 9.78 Å². The molecule has 0 N–H and O–H groups in total. The molecule has 4 heteroatoms. The van der Waals surface area contributed by atoms with Gasteiger partial charge in [0.05, 0.1) is 5.69 Å². The summed E-state index contributed by atoms with van der Waals surface area (Å²) in [6.07, 6.45) is 1.74. The van der Waals surface area contributed by atoms with Gasteiger partial charge in [-0.15, -0.1) is 0 Å². The molecule has 0 aliphatic rings. The van der Waals surface area contributed by atoms with Crippen LogP contribution in [0.25, 0.3) is 0 Å². The molecule has 1 rings (SSSR count). The molecule has 0 bridgehead atoms. The third-order valence-electron chi connectivity index (χ3n) is 1.21. The Morgan fingerprint density at radius 3 is 2.92 bits per heavy atom. The predicted molar refractivity (Wildman–Crippen MR) is 52.4 cm³/mol. The highest BCUT2D eigenvalue weighted by atomic mass is 127. The van der Waals surface area contributed by atoms with Crippen molar-refractivity contribution in [1.82, 2.24) is 4.98 Å². The maximum Gasteiger partial charge on any atom is 0.303 e. The molecule has 0 spiro atoms. The third kappa shape index (κ3) is 3.17. The second kappa shape index (κ2) is 4.39. The number of nitrogens with zero attached hydrogens (tertiary/aromatic N) is 1. The highest BCUT2D eigenvalue weighted by Gasteiger charge is 1.96. The largest absolute Gasteiger partial charge is 0.459 e. The van der Waals surface area contributed by atoms with E-state index < -0.39 is 0 Å². The number of carbonyl (C=O) groups is 1. The fourth-order valence-electron chi connectivity index (χ4n) is 0.667. The molecule has 0 aliphatic heterocycles. The molecule has 0 aliphatic carbocycles. The predicted octanol–water partition coefficient (Wildman–Crippen LogP) is 1.75. The normalized spacial score (nSPS) is 9.50. The van der Waals surface area contributed by atoms with Crippen LogP contribution in [0.4, 0.5) is 0 Å². The van der Waals surface area contributed by atoms with Gasteiger partial charge in [-0.1, -0.05) is 0 Å². The lowest BCUT2D eigenvalue weighted by atomic mass is 10.4. The summed E-state index contributed by atoms with van der Waals surface area (Å²) in [6.45, 7) is 1.64. The molecule has 3 nitrogen and oxygen atoms in total. The summed E-state index contributed by atoms with van der Waals surface area (Å²) in [6, 6.07) is 3.76. The van der Waals surface area contributed by atoms with Gasteiger partial charge < -0.3 is 4.74 Å². The number of aromatic nitrogens is 1. The van der Waals surface area contributed by atoms with Gasteiger partial charge in [0, 0.05) is 16.7 Å². The monoisotopic (exact) mass is 277 g/mol. The van der Waals surface area contributed by atoms with Crippen molar-refractivity contribution in [2.45, 2.75) is 13.5 Å². The van der Waals surface area contributed by atoms with Crippen LogP contribution in [-0.4, -0.2) is 11.0 Å². The summed E-state index contributed by atoms with van der Waals surface area (Å²) in [5.74, 6) is -0.282. The first kappa shape index (κ1) is 9.44. The Hall–Kier alpha value is -0.650. The number of hydrogen-bond acceptors (Lipinski definition) is 3. The zero-order chi connectivity index (χ0) is 8.97. The second-order valence-electron chi connectivity index (χ2n) is 2.25. The maximum absolute atomic E-state index is 10.4. The molecule has 12 heavy (non-hydrogen) atoms. The van der Waals surface area contributed by atoms with E-state index in [1.807, 2.05) is 12.1 Å². The van der Waals surface area contributed by atoms with Crippen LogP contribution in [0, 0.1) is 3.57 Å². The van der Waals surface area contributed by atoms with Gasteiger partial charge >= 0.3 is 5.97 Å². The fourth-order valence-corrected chi connectivity index (χ4v) is 0.986. The summed E-state index contributed by atoms with van der Waals surface area (Å²) in [5, 5.41) is 0. The van der Waals surface area contributed by atoms with Gasteiger partial charge in [0.25, 0.3) is 0 Å². The average Bonchev–Trinajstić information content (AvgIpc) is 2.03. The Bertz CT molecular complexity index is 271. The SMILES string of the molecule is CC(=O)OCc1ccc(I)cn1. The van der Waals surface area contributed by atoms with Crippen LogP contribution in [0.1, 0.15) is 12.6 Å². The molecule has 0 radical (unpaired) electrons. The van der Waals surface area contributed by atoms with E-state index in [0.717, 1.165) is 9.26 Å². The molecular weight excluding hydrogens is 269 g/mol. The first-order valence-corrected chi connectivity index (χ1v) is 4.50. The van der Waals surface area contributed by atoms with E-state index in [2.05, 4.69) is 27.6 Å². The van der Waals surface area contributed by atoms with Crippen molar-refractivity contribution in [1.29, 1.82) is 0 Å². The minimum Gasteiger partial charge on any atom is -0.459 e. The van der Waals surface area contributed by atoms with E-state index in [-0.39, 0.29) is 12.6 Å². The molecule has 0 saturated heterocycles. The summed E-state index contributed by atoms with van der Waals surface area (Å²) in [7, 11) is 0. The van der Waals surface area contributed by atoms with Gasteiger partial charge in [-0.05, 0) is 34.7 Å². The summed E-state index contributed by atoms with van der Waals surface area (Å²) < 4.78 is 5.83. The van der Waals surface area contributed by atoms with Crippen molar-refractivity contribution in [3.8, 4) is 0 Å². The lowest BCUT2D eigenvalue weighted by Crippen LogP contribution is -2.00. The first-order valence-electron chi connectivity index (χ1n) is 3.42. The minimum atomic E-state index is -0.282. The van der Waals surface area contributed by atoms with Gasteiger partial charge in [-0.25, -0.2) is 0 Å². The number of carbonyl (C=O) groups excluding carboxylic acids is 1.